The van der Waals surface area contributed by atoms with Crippen LogP contribution >= 0.6 is 0 Å². The number of carbonyl (C=O) groups is 4. The summed E-state index contributed by atoms with van der Waals surface area (Å²) in [5, 5.41) is 14.5. The zero-order chi connectivity index (χ0) is 32.3. The Morgan fingerprint density at radius 1 is 1.02 bits per heavy atom. The summed E-state index contributed by atoms with van der Waals surface area (Å²) in [7, 11) is 1.26. The summed E-state index contributed by atoms with van der Waals surface area (Å²) >= 11 is 0. The van der Waals surface area contributed by atoms with Crippen molar-refractivity contribution < 1.29 is 29.0 Å². The highest BCUT2D eigenvalue weighted by molar-refractivity contribution is 6.24. The third-order valence-corrected chi connectivity index (χ3v) is 9.63. The van der Waals surface area contributed by atoms with Crippen LogP contribution in [0.3, 0.4) is 0 Å². The first-order chi connectivity index (χ1) is 21.5. The number of aliphatic carboxylic acids is 1. The van der Waals surface area contributed by atoms with Gasteiger partial charge in [-0.1, -0.05) is 26.5 Å². The number of allylic oxidation sites excluding steroid dienone is 2. The van der Waals surface area contributed by atoms with Crippen molar-refractivity contribution in [3.05, 3.63) is 84.8 Å². The van der Waals surface area contributed by atoms with Crippen molar-refractivity contribution in [2.75, 3.05) is 7.11 Å². The molecule has 3 atom stereocenters. The van der Waals surface area contributed by atoms with E-state index in [0.717, 1.165) is 45.4 Å². The standard InChI is InChI=1S/C35H36N4O6/c1-7-18-15(3)22-11-23-16(4)20(9-10-28(41)42)32(38-23)30-31(35(44)45-6)34(43)29-17(5)24(39-33(29)30)12-26-19(8-2)21(14-40)27(37-26)13-25(18)36-22/h7,11-14,16,20,31,36-39H,1,8-10H2,2-6H3,(H,41,42)/b23-11+,26-12-,27-13+,32-30-/t16-,20-,31+/m0/s1. The van der Waals surface area contributed by atoms with Gasteiger partial charge in [-0.3, -0.25) is 19.2 Å². The molecule has 0 aromatic carbocycles. The highest BCUT2D eigenvalue weighted by Crippen LogP contribution is 2.48. The molecule has 10 heteroatoms. The topological polar surface area (TPSA) is 157 Å². The smallest absolute Gasteiger partial charge is 0.321 e. The number of methoxy groups -OCH3 is 1. The van der Waals surface area contributed by atoms with Crippen LogP contribution < -0.4 is 16.0 Å². The minimum absolute atomic E-state index is 0.0811. The Hall–Kier alpha value is -5.12. The van der Waals surface area contributed by atoms with Crippen LogP contribution in [0, 0.1) is 31.6 Å². The van der Waals surface area contributed by atoms with Gasteiger partial charge in [0.2, 0.25) is 0 Å². The number of hydrogen-bond donors (Lipinski definition) is 5. The maximum absolute atomic E-state index is 14.0. The summed E-state index contributed by atoms with van der Waals surface area (Å²) < 4.78 is 5.13. The van der Waals surface area contributed by atoms with Gasteiger partial charge >= 0.3 is 11.9 Å². The third kappa shape index (κ3) is 4.54. The lowest BCUT2D eigenvalue weighted by Gasteiger charge is -2.19. The van der Waals surface area contributed by atoms with Gasteiger partial charge in [-0.25, -0.2) is 0 Å². The first kappa shape index (κ1) is 29.9. The van der Waals surface area contributed by atoms with Gasteiger partial charge in [-0.15, -0.1) is 0 Å². The minimum Gasteiger partial charge on any atom is -0.481 e. The highest BCUT2D eigenvalue weighted by Gasteiger charge is 2.48. The fraction of sp³-hybridized carbons (Fsp3) is 0.314. The zero-order valence-corrected chi connectivity index (χ0v) is 25.9. The molecule has 2 aliphatic heterocycles. The molecule has 1 saturated heterocycles. The molecule has 3 aliphatic rings. The summed E-state index contributed by atoms with van der Waals surface area (Å²) in [6.45, 7) is 11.8. The van der Waals surface area contributed by atoms with Crippen LogP contribution in [-0.2, 0) is 20.7 Å². The molecular formula is C35H36N4O6. The van der Waals surface area contributed by atoms with Gasteiger partial charge in [0.05, 0.1) is 18.2 Å². The van der Waals surface area contributed by atoms with E-state index in [1.807, 2.05) is 45.9 Å². The Morgan fingerprint density at radius 3 is 2.38 bits per heavy atom. The van der Waals surface area contributed by atoms with Crippen LogP contribution in [0.2, 0.25) is 0 Å². The number of fused-ring (bicyclic) bond motifs is 7. The quantitative estimate of drug-likeness (QED) is 0.155. The summed E-state index contributed by atoms with van der Waals surface area (Å²) in [6.07, 6.45) is 9.23. The normalized spacial score (nSPS) is 24.2. The van der Waals surface area contributed by atoms with Crippen LogP contribution in [0.25, 0.3) is 29.9 Å². The molecule has 6 rings (SSSR count). The van der Waals surface area contributed by atoms with Crippen molar-refractivity contribution in [2.45, 2.75) is 47.0 Å². The summed E-state index contributed by atoms with van der Waals surface area (Å²) in [6, 6.07) is 0. The maximum atomic E-state index is 14.0. The number of ketones is 1. The number of hydrogen-bond acceptors (Lipinski definition) is 6. The Balaban J connectivity index is 1.75. The SMILES string of the molecule is C=Cc1c2[nH]c(c1C)/C=C1/N/C(=C3\c4[nH]c(c(C)c4C(=O)[C@@H]3C(=O)OC)/C=c3\[nH]/c(c(C=O)c3CC)=C/2)[C@@H](CCC(=O)O)[C@@H]1C. The van der Waals surface area contributed by atoms with E-state index < -0.39 is 17.9 Å². The second-order valence-corrected chi connectivity index (χ2v) is 11.9. The lowest BCUT2D eigenvalue weighted by atomic mass is 9.85. The predicted molar refractivity (Wildman–Crippen MR) is 170 cm³/mol. The number of aromatic amines is 3. The lowest BCUT2D eigenvalue weighted by molar-refractivity contribution is -0.142. The minimum atomic E-state index is -1.20. The van der Waals surface area contributed by atoms with Gasteiger partial charge in [0.25, 0.3) is 0 Å². The Morgan fingerprint density at radius 2 is 1.73 bits per heavy atom. The Bertz CT molecular complexity index is 2010. The van der Waals surface area contributed by atoms with E-state index in [1.165, 1.54) is 7.11 Å². The summed E-state index contributed by atoms with van der Waals surface area (Å²) in [5.74, 6) is -3.65. The number of carbonyl (C=O) groups excluding carboxylic acids is 3. The highest BCUT2D eigenvalue weighted by atomic mass is 16.5. The Kier molecular flexibility index (Phi) is 7.39. The molecule has 5 heterocycles. The van der Waals surface area contributed by atoms with E-state index >= 15 is 0 Å². The molecule has 0 amide bonds. The number of carboxylic acid groups (broad SMARTS) is 1. The second kappa shape index (κ2) is 11.1. The number of aromatic nitrogens is 3. The van der Waals surface area contributed by atoms with Crippen LogP contribution in [0.15, 0.2) is 18.0 Å². The number of carboxylic acids is 1. The summed E-state index contributed by atoms with van der Waals surface area (Å²) in [4.78, 5) is 61.7. The number of Topliss-reactive ketones (excluding diaryl/α,β-unsaturated/α-hetero) is 1. The van der Waals surface area contributed by atoms with Gasteiger partial charge in [0, 0.05) is 74.3 Å². The first-order valence-electron chi connectivity index (χ1n) is 15.1. The van der Waals surface area contributed by atoms with Gasteiger partial charge in [0.1, 0.15) is 5.92 Å². The number of H-pyrrole nitrogens is 3. The fourth-order valence-corrected chi connectivity index (χ4v) is 7.22. The molecule has 5 N–H and O–H groups in total. The molecule has 0 saturated carbocycles. The number of rotatable bonds is 7. The van der Waals surface area contributed by atoms with Crippen molar-refractivity contribution >= 4 is 53.9 Å². The molecule has 0 radical (unpaired) electrons. The molecule has 45 heavy (non-hydrogen) atoms. The van der Waals surface area contributed by atoms with E-state index in [1.54, 1.807) is 6.08 Å². The molecule has 10 nitrogen and oxygen atoms in total. The van der Waals surface area contributed by atoms with Gasteiger partial charge in [-0.2, -0.15) is 0 Å². The molecule has 0 spiro atoms. The molecule has 0 unspecified atom stereocenters. The van der Waals surface area contributed by atoms with Gasteiger partial charge in [-0.05, 0) is 61.6 Å². The third-order valence-electron chi connectivity index (χ3n) is 9.63. The van der Waals surface area contributed by atoms with Crippen LogP contribution in [0.5, 0.6) is 0 Å². The largest absolute Gasteiger partial charge is 0.481 e. The fourth-order valence-electron chi connectivity index (χ4n) is 7.22. The Labute approximate surface area is 259 Å². The van der Waals surface area contributed by atoms with Crippen molar-refractivity contribution in [3.8, 4) is 0 Å². The van der Waals surface area contributed by atoms with Crippen molar-refractivity contribution in [1.29, 1.82) is 0 Å². The van der Waals surface area contributed by atoms with Crippen molar-refractivity contribution in [2.24, 2.45) is 17.8 Å². The molecule has 3 aromatic heterocycles. The number of esters is 1. The summed E-state index contributed by atoms with van der Waals surface area (Å²) in [5.41, 5.74) is 8.98. The number of nitrogens with one attached hydrogen (secondary N) is 4. The van der Waals surface area contributed by atoms with Crippen molar-refractivity contribution in [1.82, 2.24) is 20.3 Å². The first-order valence-corrected chi connectivity index (χ1v) is 15.1. The molecule has 3 aromatic rings. The van der Waals surface area contributed by atoms with E-state index in [9.17, 15) is 24.3 Å². The van der Waals surface area contributed by atoms with Gasteiger partial charge in [0.15, 0.2) is 12.1 Å². The van der Waals surface area contributed by atoms with Gasteiger partial charge < -0.3 is 30.1 Å². The van der Waals surface area contributed by atoms with E-state index in [-0.39, 0.29) is 24.0 Å². The van der Waals surface area contributed by atoms with Crippen molar-refractivity contribution in [3.63, 3.8) is 0 Å². The van der Waals surface area contributed by atoms with E-state index in [0.29, 0.717) is 57.5 Å². The predicted octanol–water partition coefficient (Wildman–Crippen LogP) is 3.73. The molecular weight excluding hydrogens is 572 g/mol. The molecule has 1 aliphatic carbocycles. The molecule has 1 fully saturated rings. The zero-order valence-electron chi connectivity index (χ0n) is 25.9. The lowest BCUT2D eigenvalue weighted by Crippen LogP contribution is -2.25. The monoisotopic (exact) mass is 608 g/mol. The van der Waals surface area contributed by atoms with Crippen LogP contribution in [0.4, 0.5) is 0 Å². The number of aldehydes is 1. The van der Waals surface area contributed by atoms with E-state index in [2.05, 4.69) is 26.8 Å². The maximum Gasteiger partial charge on any atom is 0.321 e. The molecule has 232 valence electrons. The average Bonchev–Trinajstić information content (AvgIpc) is 3.76. The van der Waals surface area contributed by atoms with E-state index in [4.69, 9.17) is 4.74 Å². The van der Waals surface area contributed by atoms with Crippen LogP contribution in [-0.4, -0.2) is 51.2 Å². The molecule has 8 bridgehead atoms. The number of ether oxygens (including phenoxy) is 1. The second-order valence-electron chi connectivity index (χ2n) is 11.9. The van der Waals surface area contributed by atoms with Crippen LogP contribution in [0.1, 0.15) is 92.4 Å². The average molecular weight is 609 g/mol.